The van der Waals surface area contributed by atoms with Crippen molar-refractivity contribution in [2.24, 2.45) is 22.5 Å². The molecule has 2 aliphatic heterocycles. The Hall–Kier alpha value is -4.98. The fraction of sp³-hybridized carbons (Fsp3) is 0.226. The van der Waals surface area contributed by atoms with Gasteiger partial charge in [0.25, 0.3) is 5.56 Å². The van der Waals surface area contributed by atoms with Crippen LogP contribution in [0, 0.1) is 11.3 Å². The number of rotatable bonds is 6. The molecule has 2 atom stereocenters. The molecule has 0 aliphatic carbocycles. The first-order valence-corrected chi connectivity index (χ1v) is 15.2. The number of carbonyl (C=O) groups is 1. The van der Waals surface area contributed by atoms with Gasteiger partial charge < -0.3 is 21.7 Å². The minimum absolute atomic E-state index is 0.0314. The SMILES string of the molecule is CC1CCCC(n2cnc(-c3cc(Cl)ccc3N(N)/C=C(\N)Cl)cc2=O)c2cc(ccn2)C(=N)/C(=C\NC2=CNCN=C2)NC1=O. The van der Waals surface area contributed by atoms with E-state index in [1.54, 1.807) is 55.1 Å². The zero-order chi connectivity index (χ0) is 32.8. The first-order valence-electron chi connectivity index (χ1n) is 14.4. The molecule has 2 aliphatic rings. The van der Waals surface area contributed by atoms with Crippen LogP contribution in [0.2, 0.25) is 5.02 Å². The monoisotopic (exact) mass is 661 g/mol. The van der Waals surface area contributed by atoms with E-state index in [1.165, 1.54) is 28.2 Å². The average molecular weight is 663 g/mol. The predicted octanol–water partition coefficient (Wildman–Crippen LogP) is 3.43. The van der Waals surface area contributed by atoms with Crippen LogP contribution in [0.4, 0.5) is 5.69 Å². The van der Waals surface area contributed by atoms with E-state index in [9.17, 15) is 9.59 Å². The Bertz CT molecular complexity index is 1830. The summed E-state index contributed by atoms with van der Waals surface area (Å²) in [5.41, 5.74) is 8.70. The van der Waals surface area contributed by atoms with Crippen molar-refractivity contribution in [3.05, 3.63) is 111 Å². The molecule has 0 radical (unpaired) electrons. The number of aromatic nitrogens is 3. The van der Waals surface area contributed by atoms with Crippen LogP contribution < -0.4 is 38.1 Å². The van der Waals surface area contributed by atoms with E-state index >= 15 is 0 Å². The minimum Gasteiger partial charge on any atom is -0.388 e. The van der Waals surface area contributed by atoms with Crippen LogP contribution in [0.25, 0.3) is 11.3 Å². The molecule has 2 unspecified atom stereocenters. The number of amides is 1. The summed E-state index contributed by atoms with van der Waals surface area (Å²) in [6, 6.07) is 9.30. The number of allylic oxidation sites excluding steroid dienone is 2. The number of hydrazine groups is 1. The van der Waals surface area contributed by atoms with E-state index in [-0.39, 0.29) is 33.9 Å². The maximum absolute atomic E-state index is 13.7. The van der Waals surface area contributed by atoms with Crippen molar-refractivity contribution in [1.82, 2.24) is 30.5 Å². The molecule has 3 aromatic rings. The van der Waals surface area contributed by atoms with Crippen LogP contribution >= 0.6 is 23.2 Å². The molecule has 2 aromatic heterocycles. The molecule has 5 rings (SSSR count). The van der Waals surface area contributed by atoms with Crippen LogP contribution in [0.5, 0.6) is 0 Å². The second-order valence-corrected chi connectivity index (χ2v) is 11.6. The summed E-state index contributed by atoms with van der Waals surface area (Å²) in [6.45, 7) is 2.31. The van der Waals surface area contributed by atoms with Gasteiger partial charge in [0.2, 0.25) is 5.91 Å². The highest BCUT2D eigenvalue weighted by Gasteiger charge is 2.24. The highest BCUT2D eigenvalue weighted by Crippen LogP contribution is 2.32. The third-order valence-corrected chi connectivity index (χ3v) is 7.83. The maximum atomic E-state index is 13.7. The largest absolute Gasteiger partial charge is 0.388 e. The number of hydrogen-bond acceptors (Lipinski definition) is 11. The number of aliphatic imine (C=N–C) groups is 1. The Kier molecular flexibility index (Phi) is 10.2. The van der Waals surface area contributed by atoms with Crippen LogP contribution in [-0.2, 0) is 4.79 Å². The number of benzene rings is 1. The lowest BCUT2D eigenvalue weighted by atomic mass is 9.96. The Labute approximate surface area is 275 Å². The topological polar surface area (TPSA) is 192 Å². The van der Waals surface area contributed by atoms with Gasteiger partial charge in [0.1, 0.15) is 11.8 Å². The third kappa shape index (κ3) is 7.62. The maximum Gasteiger partial charge on any atom is 0.254 e. The van der Waals surface area contributed by atoms with E-state index in [1.807, 2.05) is 6.92 Å². The van der Waals surface area contributed by atoms with E-state index < -0.39 is 6.04 Å². The zero-order valence-corrected chi connectivity index (χ0v) is 26.4. The summed E-state index contributed by atoms with van der Waals surface area (Å²) in [4.78, 5) is 40.2. The van der Waals surface area contributed by atoms with Crippen LogP contribution in [-0.4, -0.2) is 39.0 Å². The number of carbonyl (C=O) groups excluding carboxylic acids is 1. The van der Waals surface area contributed by atoms with Crippen molar-refractivity contribution in [3.63, 3.8) is 0 Å². The number of nitrogens with two attached hydrogens (primary N) is 2. The molecule has 13 nitrogen and oxygen atoms in total. The van der Waals surface area contributed by atoms with Gasteiger partial charge in [-0.25, -0.2) is 10.8 Å². The summed E-state index contributed by atoms with van der Waals surface area (Å²) in [5, 5.41) is 19.6. The Morgan fingerprint density at radius 1 is 1.20 bits per heavy atom. The molecule has 238 valence electrons. The van der Waals surface area contributed by atoms with Crippen molar-refractivity contribution in [1.29, 1.82) is 5.41 Å². The highest BCUT2D eigenvalue weighted by atomic mass is 35.5. The fourth-order valence-electron chi connectivity index (χ4n) is 5.10. The summed E-state index contributed by atoms with van der Waals surface area (Å²) in [6.07, 6.45) is 11.0. The van der Waals surface area contributed by atoms with Gasteiger partial charge in [0.05, 0.1) is 52.8 Å². The second-order valence-electron chi connectivity index (χ2n) is 10.8. The number of nitrogens with zero attached hydrogens (tertiary/aromatic N) is 5. The molecule has 46 heavy (non-hydrogen) atoms. The quantitative estimate of drug-likeness (QED) is 0.130. The number of hydrogen-bond donors (Lipinski definition) is 6. The average Bonchev–Trinajstić information content (AvgIpc) is 3.04. The summed E-state index contributed by atoms with van der Waals surface area (Å²) in [7, 11) is 0. The van der Waals surface area contributed by atoms with Crippen molar-refractivity contribution in [2.75, 3.05) is 11.7 Å². The lowest BCUT2D eigenvalue weighted by Crippen LogP contribution is -2.34. The first kappa shape index (κ1) is 32.4. The molecule has 0 fully saturated rings. The normalized spacial score (nSPS) is 19.8. The van der Waals surface area contributed by atoms with Crippen LogP contribution in [0.3, 0.4) is 0 Å². The highest BCUT2D eigenvalue weighted by molar-refractivity contribution is 6.31. The van der Waals surface area contributed by atoms with Gasteiger partial charge in [-0.05, 0) is 43.2 Å². The molecule has 0 saturated carbocycles. The van der Waals surface area contributed by atoms with E-state index in [4.69, 9.17) is 40.2 Å². The Morgan fingerprint density at radius 2 is 2.02 bits per heavy atom. The standard InChI is InChI=1S/C31H33Cl2N11O2/c1-18-3-2-4-27(43-17-41-23(11-29(43)45)22-10-20(32)5-6-26(22)44(36)15-28(33)34)24-9-19(7-8-39-24)30(35)25(42-31(18)46)14-40-21-12-37-16-38-13-21/h5-15,17-18,27,35,37,40H,2-4,16,34,36H2,1H3,(H,42,46)/b25-14+,28-15-,35-30?. The van der Waals surface area contributed by atoms with Gasteiger partial charge >= 0.3 is 0 Å². The number of pyridine rings is 1. The molecule has 15 heteroatoms. The van der Waals surface area contributed by atoms with Gasteiger partial charge in [-0.1, -0.05) is 36.5 Å². The van der Waals surface area contributed by atoms with E-state index in [2.05, 4.69) is 30.9 Å². The van der Waals surface area contributed by atoms with Gasteiger partial charge in [0.15, 0.2) is 0 Å². The number of fused-ring (bicyclic) bond motifs is 2. The molecule has 1 aromatic carbocycles. The molecule has 4 heterocycles. The molecular formula is C31H33Cl2N11O2. The summed E-state index contributed by atoms with van der Waals surface area (Å²) in [5.74, 6) is 5.58. The van der Waals surface area contributed by atoms with E-state index in [0.29, 0.717) is 64.9 Å². The lowest BCUT2D eigenvalue weighted by Gasteiger charge is -2.23. The van der Waals surface area contributed by atoms with Crippen molar-refractivity contribution < 1.29 is 4.79 Å². The Balaban J connectivity index is 1.52. The molecule has 8 N–H and O–H groups in total. The number of anilines is 1. The van der Waals surface area contributed by atoms with Gasteiger partial charge in [-0.3, -0.25) is 34.6 Å². The van der Waals surface area contributed by atoms with Gasteiger partial charge in [0, 0.05) is 52.9 Å². The molecule has 2 bridgehead atoms. The Morgan fingerprint density at radius 3 is 2.76 bits per heavy atom. The van der Waals surface area contributed by atoms with Crippen molar-refractivity contribution in [3.8, 4) is 11.3 Å². The second kappa shape index (κ2) is 14.4. The number of halogens is 2. The molecule has 0 saturated heterocycles. The van der Waals surface area contributed by atoms with Crippen molar-refractivity contribution in [2.45, 2.75) is 32.2 Å². The fourth-order valence-corrected chi connectivity index (χ4v) is 5.38. The molecule has 1 amide bonds. The summed E-state index contributed by atoms with van der Waals surface area (Å²) >= 11 is 12.1. The van der Waals surface area contributed by atoms with Crippen molar-refractivity contribution >= 4 is 46.7 Å². The predicted molar refractivity (Wildman–Crippen MR) is 180 cm³/mol. The smallest absolute Gasteiger partial charge is 0.254 e. The molecule has 0 spiro atoms. The van der Waals surface area contributed by atoms with Gasteiger partial charge in [-0.2, -0.15) is 0 Å². The van der Waals surface area contributed by atoms with E-state index in [0.717, 1.165) is 0 Å². The zero-order valence-electron chi connectivity index (χ0n) is 24.9. The van der Waals surface area contributed by atoms with Crippen LogP contribution in [0.15, 0.2) is 93.9 Å². The van der Waals surface area contributed by atoms with Gasteiger partial charge in [-0.15, -0.1) is 0 Å². The van der Waals surface area contributed by atoms with Crippen LogP contribution in [0.1, 0.15) is 43.5 Å². The first-order chi connectivity index (χ1) is 22.1. The summed E-state index contributed by atoms with van der Waals surface area (Å²) < 4.78 is 1.51. The third-order valence-electron chi connectivity index (χ3n) is 7.50. The minimum atomic E-state index is -0.513. The molecular weight excluding hydrogens is 629 g/mol. The number of nitrogens with one attached hydrogen (secondary N) is 4. The lowest BCUT2D eigenvalue weighted by molar-refractivity contribution is -0.123.